The van der Waals surface area contributed by atoms with Gasteiger partial charge < -0.3 is 5.32 Å². The van der Waals surface area contributed by atoms with Crippen molar-refractivity contribution < 1.29 is 4.79 Å². The molecule has 0 fully saturated rings. The van der Waals surface area contributed by atoms with Gasteiger partial charge >= 0.3 is 0 Å². The van der Waals surface area contributed by atoms with Crippen molar-refractivity contribution in [3.63, 3.8) is 0 Å². The van der Waals surface area contributed by atoms with Crippen LogP contribution in [0.5, 0.6) is 0 Å². The van der Waals surface area contributed by atoms with E-state index in [1.807, 2.05) is 0 Å². The lowest BCUT2D eigenvalue weighted by atomic mass is 9.92. The Labute approximate surface area is 75.7 Å². The molecule has 0 aliphatic rings. The zero-order valence-corrected chi connectivity index (χ0v) is 8.44. The third kappa shape index (κ3) is 7.58. The average Bonchev–Trinajstić information content (AvgIpc) is 1.84. The van der Waals surface area contributed by atoms with Gasteiger partial charge in [0, 0.05) is 13.0 Å². The van der Waals surface area contributed by atoms with Gasteiger partial charge in [-0.15, -0.1) is 0 Å². The predicted molar refractivity (Wildman–Crippen MR) is 51.7 cm³/mol. The first-order valence-electron chi connectivity index (χ1n) is 4.51. The number of hydrogen-bond acceptors (Lipinski definition) is 1. The molecule has 0 atom stereocenters. The Balaban J connectivity index is 3.47. The van der Waals surface area contributed by atoms with Crippen LogP contribution in [0, 0.1) is 12.3 Å². The molecule has 0 spiro atoms. The summed E-state index contributed by atoms with van der Waals surface area (Å²) in [5, 5.41) is 2.86. The highest BCUT2D eigenvalue weighted by Crippen LogP contribution is 2.17. The molecule has 0 aromatic heterocycles. The minimum absolute atomic E-state index is 0.0918. The average molecular weight is 170 g/mol. The molecule has 1 N–H and O–H groups in total. The van der Waals surface area contributed by atoms with Crippen molar-refractivity contribution in [3.05, 3.63) is 6.92 Å². The van der Waals surface area contributed by atoms with Crippen molar-refractivity contribution in [2.75, 3.05) is 6.54 Å². The van der Waals surface area contributed by atoms with Gasteiger partial charge in [-0.3, -0.25) is 4.79 Å². The molecule has 0 aliphatic heterocycles. The largest absolute Gasteiger partial charge is 0.356 e. The number of rotatable bonds is 4. The topological polar surface area (TPSA) is 29.1 Å². The van der Waals surface area contributed by atoms with Crippen LogP contribution in [0.3, 0.4) is 0 Å². The Bertz CT molecular complexity index is 135. The molecule has 0 saturated carbocycles. The van der Waals surface area contributed by atoms with E-state index in [-0.39, 0.29) is 11.3 Å². The van der Waals surface area contributed by atoms with Crippen molar-refractivity contribution in [1.29, 1.82) is 0 Å². The van der Waals surface area contributed by atoms with Gasteiger partial charge in [0.1, 0.15) is 0 Å². The quantitative estimate of drug-likeness (QED) is 0.643. The van der Waals surface area contributed by atoms with E-state index in [1.165, 1.54) is 0 Å². The highest BCUT2D eigenvalue weighted by atomic mass is 16.1. The summed E-state index contributed by atoms with van der Waals surface area (Å²) in [5.74, 6) is 0.149. The summed E-state index contributed by atoms with van der Waals surface area (Å²) in [7, 11) is 0. The maximum Gasteiger partial charge on any atom is 0.220 e. The van der Waals surface area contributed by atoms with E-state index in [4.69, 9.17) is 0 Å². The fourth-order valence-electron chi connectivity index (χ4n) is 0.897. The van der Waals surface area contributed by atoms with Crippen LogP contribution in [-0.2, 0) is 4.79 Å². The molecule has 0 aromatic rings. The van der Waals surface area contributed by atoms with Gasteiger partial charge in [-0.1, -0.05) is 34.1 Å². The Kier molecular flexibility index (Phi) is 4.95. The van der Waals surface area contributed by atoms with Crippen molar-refractivity contribution in [2.45, 2.75) is 40.0 Å². The molecule has 0 saturated heterocycles. The molecule has 71 valence electrons. The Morgan fingerprint density at radius 1 is 1.42 bits per heavy atom. The van der Waals surface area contributed by atoms with Gasteiger partial charge in [0.15, 0.2) is 0 Å². The molecule has 0 rings (SSSR count). The summed E-state index contributed by atoms with van der Waals surface area (Å²) in [6.07, 6.45) is 2.45. The molecular formula is C10H20NO. The smallest absolute Gasteiger partial charge is 0.220 e. The number of nitrogens with one attached hydrogen (secondary N) is 1. The van der Waals surface area contributed by atoms with Crippen LogP contribution in [0.1, 0.15) is 40.0 Å². The lowest BCUT2D eigenvalue weighted by Crippen LogP contribution is -2.28. The van der Waals surface area contributed by atoms with Gasteiger partial charge in [0.05, 0.1) is 0 Å². The number of hydrogen-bond donors (Lipinski definition) is 1. The van der Waals surface area contributed by atoms with Crippen LogP contribution in [0.25, 0.3) is 0 Å². The van der Waals surface area contributed by atoms with E-state index in [9.17, 15) is 4.79 Å². The van der Waals surface area contributed by atoms with Crippen molar-refractivity contribution in [2.24, 2.45) is 5.41 Å². The molecule has 0 unspecified atom stereocenters. The maximum atomic E-state index is 11.2. The molecule has 12 heavy (non-hydrogen) atoms. The van der Waals surface area contributed by atoms with Crippen molar-refractivity contribution >= 4 is 5.91 Å². The first-order chi connectivity index (χ1) is 5.45. The van der Waals surface area contributed by atoms with Crippen LogP contribution in [-0.4, -0.2) is 12.5 Å². The fourth-order valence-corrected chi connectivity index (χ4v) is 0.897. The highest BCUT2D eigenvalue weighted by molar-refractivity contribution is 5.76. The first-order valence-corrected chi connectivity index (χ1v) is 4.51. The summed E-state index contributed by atoms with van der Waals surface area (Å²) in [4.78, 5) is 11.2. The minimum Gasteiger partial charge on any atom is -0.356 e. The van der Waals surface area contributed by atoms with Crippen molar-refractivity contribution in [1.82, 2.24) is 5.32 Å². The predicted octanol–water partition coefficient (Wildman–Crippen LogP) is 2.15. The standard InChI is InChI=1S/C10H20NO/c1-5-6-7-11-9(12)8-10(2,3)4/h1,5-8H2,2-4H3,(H,11,12). The van der Waals surface area contributed by atoms with E-state index in [0.29, 0.717) is 6.42 Å². The number of unbranched alkanes of at least 4 members (excludes halogenated alkanes) is 1. The van der Waals surface area contributed by atoms with Crippen LogP contribution in [0.15, 0.2) is 0 Å². The lowest BCUT2D eigenvalue weighted by Gasteiger charge is -2.16. The number of carbonyl (C=O) groups is 1. The van der Waals surface area contributed by atoms with E-state index >= 15 is 0 Å². The molecule has 0 bridgehead atoms. The minimum atomic E-state index is 0.0918. The summed E-state index contributed by atoms with van der Waals surface area (Å²) in [6, 6.07) is 0. The van der Waals surface area contributed by atoms with Gasteiger partial charge in [0.25, 0.3) is 0 Å². The number of amides is 1. The second-order valence-electron chi connectivity index (χ2n) is 4.29. The van der Waals surface area contributed by atoms with E-state index < -0.39 is 0 Å². The SMILES string of the molecule is [CH2]CCCNC(=O)CC(C)(C)C. The second-order valence-corrected chi connectivity index (χ2v) is 4.29. The Hall–Kier alpha value is -0.530. The molecule has 0 heterocycles. The molecule has 2 heteroatoms. The summed E-state index contributed by atoms with van der Waals surface area (Å²) in [5.41, 5.74) is 0.0918. The molecule has 1 amide bonds. The van der Waals surface area contributed by atoms with Crippen LogP contribution < -0.4 is 5.32 Å². The molecule has 1 radical (unpaired) electrons. The third-order valence-corrected chi connectivity index (χ3v) is 1.44. The normalized spacial score (nSPS) is 11.3. The second kappa shape index (κ2) is 5.18. The van der Waals surface area contributed by atoms with Gasteiger partial charge in [-0.25, -0.2) is 0 Å². The number of carbonyl (C=O) groups excluding carboxylic acids is 1. The Morgan fingerprint density at radius 3 is 2.42 bits per heavy atom. The van der Waals surface area contributed by atoms with Crippen molar-refractivity contribution in [3.8, 4) is 0 Å². The first kappa shape index (κ1) is 11.5. The Morgan fingerprint density at radius 2 is 2.00 bits per heavy atom. The summed E-state index contributed by atoms with van der Waals surface area (Å²) >= 11 is 0. The zero-order chi connectivity index (χ0) is 9.61. The van der Waals surface area contributed by atoms with E-state index in [1.54, 1.807) is 0 Å². The van der Waals surface area contributed by atoms with Crippen LogP contribution >= 0.6 is 0 Å². The summed E-state index contributed by atoms with van der Waals surface area (Å²) in [6.45, 7) is 10.7. The third-order valence-electron chi connectivity index (χ3n) is 1.44. The molecular weight excluding hydrogens is 150 g/mol. The zero-order valence-electron chi connectivity index (χ0n) is 8.44. The monoisotopic (exact) mass is 170 g/mol. The molecule has 0 aromatic carbocycles. The van der Waals surface area contributed by atoms with E-state index in [0.717, 1.165) is 19.4 Å². The maximum absolute atomic E-state index is 11.2. The van der Waals surface area contributed by atoms with E-state index in [2.05, 4.69) is 33.0 Å². The van der Waals surface area contributed by atoms with Crippen LogP contribution in [0.2, 0.25) is 0 Å². The van der Waals surface area contributed by atoms with Gasteiger partial charge in [0.2, 0.25) is 5.91 Å². The molecule has 0 aliphatic carbocycles. The fraction of sp³-hybridized carbons (Fsp3) is 0.800. The highest BCUT2D eigenvalue weighted by Gasteiger charge is 2.14. The summed E-state index contributed by atoms with van der Waals surface area (Å²) < 4.78 is 0. The van der Waals surface area contributed by atoms with Crippen LogP contribution in [0.4, 0.5) is 0 Å². The van der Waals surface area contributed by atoms with Gasteiger partial charge in [-0.05, 0) is 11.8 Å². The van der Waals surface area contributed by atoms with Gasteiger partial charge in [-0.2, -0.15) is 0 Å². The lowest BCUT2D eigenvalue weighted by molar-refractivity contribution is -0.122. The molecule has 2 nitrogen and oxygen atoms in total.